The molecule has 0 spiro atoms. The number of nitrogens with zero attached hydrogens (tertiary/aromatic N) is 3. The van der Waals surface area contributed by atoms with Gasteiger partial charge in [-0.2, -0.15) is 4.99 Å². The molecule has 0 saturated carbocycles. The molecule has 0 aromatic rings. The molecule has 3 atom stereocenters. The summed E-state index contributed by atoms with van der Waals surface area (Å²) in [5, 5.41) is 3.37. The van der Waals surface area contributed by atoms with Crippen molar-refractivity contribution in [2.75, 3.05) is 13.7 Å². The number of guanidine groups is 1. The third kappa shape index (κ3) is 3.44. The molecular weight excluding hydrogens is 336 g/mol. The van der Waals surface area contributed by atoms with Crippen LogP contribution in [0.5, 0.6) is 0 Å². The summed E-state index contributed by atoms with van der Waals surface area (Å²) in [5.74, 6) is -0.0196. The topological polar surface area (TPSA) is 135 Å². The maximum absolute atomic E-state index is 12.6. The van der Waals surface area contributed by atoms with E-state index in [-0.39, 0.29) is 23.3 Å². The van der Waals surface area contributed by atoms with E-state index in [1.54, 1.807) is 4.90 Å². The highest BCUT2D eigenvalue weighted by atomic mass is 16.5. The number of primary amides is 1. The van der Waals surface area contributed by atoms with Crippen molar-refractivity contribution in [1.29, 1.82) is 0 Å². The smallest absolute Gasteiger partial charge is 0.240 e. The molecule has 0 aromatic heterocycles. The van der Waals surface area contributed by atoms with Gasteiger partial charge in [-0.25, -0.2) is 4.99 Å². The van der Waals surface area contributed by atoms with Crippen LogP contribution in [0, 0.1) is 5.41 Å². The van der Waals surface area contributed by atoms with Crippen molar-refractivity contribution >= 4 is 23.7 Å². The van der Waals surface area contributed by atoms with Crippen molar-refractivity contribution in [2.45, 2.75) is 51.4 Å². The SMILES string of the molecule is COC1=NC(N)=NC2(N[C@H]3C[C@@H](C(N)=O)N(C(=O)CC(C)(C)C)C3)C=C12. The van der Waals surface area contributed by atoms with Gasteiger partial charge in [0.2, 0.25) is 23.7 Å². The van der Waals surface area contributed by atoms with E-state index in [0.29, 0.717) is 25.3 Å². The monoisotopic (exact) mass is 362 g/mol. The number of methoxy groups -OCH3 is 1. The fourth-order valence-electron chi connectivity index (χ4n) is 3.52. The number of rotatable bonds is 4. The van der Waals surface area contributed by atoms with Crippen molar-refractivity contribution in [3.05, 3.63) is 11.6 Å². The second-order valence-electron chi connectivity index (χ2n) is 8.19. The average Bonchev–Trinajstić information content (AvgIpc) is 3.03. The van der Waals surface area contributed by atoms with Crippen LogP contribution in [0.1, 0.15) is 33.6 Å². The van der Waals surface area contributed by atoms with Gasteiger partial charge in [0.15, 0.2) is 5.66 Å². The van der Waals surface area contributed by atoms with Gasteiger partial charge < -0.3 is 21.1 Å². The Kier molecular flexibility index (Phi) is 4.30. The molecule has 1 saturated heterocycles. The highest BCUT2D eigenvalue weighted by Crippen LogP contribution is 2.41. The number of aliphatic imine (C=N–C) groups is 2. The summed E-state index contributed by atoms with van der Waals surface area (Å²) in [5.41, 5.74) is 11.2. The van der Waals surface area contributed by atoms with E-state index in [2.05, 4.69) is 15.3 Å². The van der Waals surface area contributed by atoms with Crippen LogP contribution in [0.2, 0.25) is 0 Å². The molecular formula is C17H26N6O3. The van der Waals surface area contributed by atoms with Gasteiger partial charge in [-0.3, -0.25) is 14.9 Å². The molecule has 0 radical (unpaired) electrons. The Morgan fingerprint density at radius 2 is 2.15 bits per heavy atom. The highest BCUT2D eigenvalue weighted by molar-refractivity contribution is 6.10. The summed E-state index contributed by atoms with van der Waals surface area (Å²) in [6.45, 7) is 6.35. The number of likely N-dealkylation sites (tertiary alicyclic amines) is 1. The predicted molar refractivity (Wildman–Crippen MR) is 97.2 cm³/mol. The molecule has 142 valence electrons. The van der Waals surface area contributed by atoms with Gasteiger partial charge in [0, 0.05) is 19.0 Å². The molecule has 5 N–H and O–H groups in total. The molecule has 1 unspecified atom stereocenters. The summed E-state index contributed by atoms with van der Waals surface area (Å²) in [4.78, 5) is 34.5. The quantitative estimate of drug-likeness (QED) is 0.618. The third-order valence-electron chi connectivity index (χ3n) is 4.67. The molecule has 2 amide bonds. The molecule has 1 fully saturated rings. The number of ether oxygens (including phenoxy) is 1. The summed E-state index contributed by atoms with van der Waals surface area (Å²) in [7, 11) is 1.52. The van der Waals surface area contributed by atoms with E-state index in [1.807, 2.05) is 26.8 Å². The lowest BCUT2D eigenvalue weighted by atomic mass is 9.91. The number of hydrogen-bond acceptors (Lipinski definition) is 7. The standard InChI is InChI=1S/C17H26N6O3/c1-16(2,3)7-12(24)23-8-9(5-11(23)13(18)25)21-17-6-10(17)14(26-4)20-15(19)22-17/h6,9,11,21H,5,7-8H2,1-4H3,(H2,18,25)(H2,19,22)/t9-,11-,17?/m0/s1. The van der Waals surface area contributed by atoms with Crippen LogP contribution >= 0.6 is 0 Å². The van der Waals surface area contributed by atoms with Crippen molar-refractivity contribution in [2.24, 2.45) is 26.9 Å². The Labute approximate surface area is 152 Å². The molecule has 26 heavy (non-hydrogen) atoms. The van der Waals surface area contributed by atoms with E-state index in [1.165, 1.54) is 7.11 Å². The molecule has 0 bridgehead atoms. The number of nitrogens with one attached hydrogen (secondary N) is 1. The van der Waals surface area contributed by atoms with Crippen LogP contribution in [-0.2, 0) is 14.3 Å². The molecule has 2 heterocycles. The van der Waals surface area contributed by atoms with E-state index < -0.39 is 17.6 Å². The number of carbonyl (C=O) groups excluding carboxylic acids is 2. The molecule has 3 aliphatic rings. The van der Waals surface area contributed by atoms with E-state index in [4.69, 9.17) is 16.2 Å². The van der Waals surface area contributed by atoms with Crippen molar-refractivity contribution in [1.82, 2.24) is 10.2 Å². The van der Waals surface area contributed by atoms with Gasteiger partial charge in [-0.15, -0.1) is 0 Å². The largest absolute Gasteiger partial charge is 0.481 e. The maximum Gasteiger partial charge on any atom is 0.240 e. The van der Waals surface area contributed by atoms with Gasteiger partial charge >= 0.3 is 0 Å². The van der Waals surface area contributed by atoms with Gasteiger partial charge in [-0.1, -0.05) is 20.8 Å². The average molecular weight is 362 g/mol. The minimum absolute atomic E-state index is 0.0714. The number of amides is 2. The Morgan fingerprint density at radius 1 is 1.46 bits per heavy atom. The normalized spacial score (nSPS) is 30.2. The highest BCUT2D eigenvalue weighted by Gasteiger charge is 2.53. The van der Waals surface area contributed by atoms with Crippen molar-refractivity contribution in [3.63, 3.8) is 0 Å². The minimum Gasteiger partial charge on any atom is -0.481 e. The lowest BCUT2D eigenvalue weighted by Crippen LogP contribution is -2.47. The second-order valence-corrected chi connectivity index (χ2v) is 8.19. The number of fused-ring (bicyclic) bond motifs is 1. The summed E-state index contributed by atoms with van der Waals surface area (Å²) < 4.78 is 5.22. The molecule has 2 aliphatic heterocycles. The first-order valence-corrected chi connectivity index (χ1v) is 8.63. The Hall–Kier alpha value is -2.42. The summed E-state index contributed by atoms with van der Waals surface area (Å²) >= 11 is 0. The van der Waals surface area contributed by atoms with Gasteiger partial charge in [-0.05, 0) is 17.9 Å². The fourth-order valence-corrected chi connectivity index (χ4v) is 3.52. The Balaban J connectivity index is 1.71. The first-order valence-electron chi connectivity index (χ1n) is 8.63. The van der Waals surface area contributed by atoms with Crippen LogP contribution in [0.3, 0.4) is 0 Å². The summed E-state index contributed by atoms with van der Waals surface area (Å²) in [6.07, 6.45) is 2.65. The number of nitrogens with two attached hydrogens (primary N) is 2. The Bertz CT molecular complexity index is 735. The van der Waals surface area contributed by atoms with E-state index in [9.17, 15) is 9.59 Å². The van der Waals surface area contributed by atoms with Gasteiger partial charge in [0.25, 0.3) is 0 Å². The first-order chi connectivity index (χ1) is 12.0. The molecule has 1 aliphatic carbocycles. The lowest BCUT2D eigenvalue weighted by molar-refractivity contribution is -0.138. The van der Waals surface area contributed by atoms with Crippen LogP contribution in [0.4, 0.5) is 0 Å². The molecule has 3 rings (SSSR count). The fraction of sp³-hybridized carbons (Fsp3) is 0.647. The van der Waals surface area contributed by atoms with E-state index >= 15 is 0 Å². The number of hydrogen-bond donors (Lipinski definition) is 3. The molecule has 0 aromatic carbocycles. The number of carbonyl (C=O) groups is 2. The van der Waals surface area contributed by atoms with Crippen LogP contribution in [0.25, 0.3) is 0 Å². The van der Waals surface area contributed by atoms with Gasteiger partial charge in [0.1, 0.15) is 6.04 Å². The molecule has 9 nitrogen and oxygen atoms in total. The van der Waals surface area contributed by atoms with Crippen molar-refractivity contribution < 1.29 is 14.3 Å². The van der Waals surface area contributed by atoms with Crippen LogP contribution < -0.4 is 16.8 Å². The lowest BCUT2D eigenvalue weighted by Gasteiger charge is -2.27. The van der Waals surface area contributed by atoms with Crippen molar-refractivity contribution in [3.8, 4) is 0 Å². The van der Waals surface area contributed by atoms with Gasteiger partial charge in [0.05, 0.1) is 12.7 Å². The second kappa shape index (κ2) is 6.08. The van der Waals surface area contributed by atoms with Crippen LogP contribution in [0.15, 0.2) is 21.6 Å². The first kappa shape index (κ1) is 18.4. The predicted octanol–water partition coefficient (Wildman–Crippen LogP) is -0.523. The minimum atomic E-state index is -0.757. The third-order valence-corrected chi connectivity index (χ3v) is 4.67. The zero-order valence-electron chi connectivity index (χ0n) is 15.6. The summed E-state index contributed by atoms with van der Waals surface area (Å²) in [6, 6.07) is -0.764. The van der Waals surface area contributed by atoms with Crippen LogP contribution in [-0.4, -0.2) is 60.0 Å². The zero-order valence-corrected chi connectivity index (χ0v) is 15.6. The zero-order chi connectivity index (χ0) is 19.3. The molecule has 9 heteroatoms. The Morgan fingerprint density at radius 3 is 2.73 bits per heavy atom. The maximum atomic E-state index is 12.6. The van der Waals surface area contributed by atoms with E-state index in [0.717, 1.165) is 5.57 Å².